The van der Waals surface area contributed by atoms with Gasteiger partial charge in [-0.25, -0.2) is 13.4 Å². The summed E-state index contributed by atoms with van der Waals surface area (Å²) in [5, 5.41) is 3.68. The maximum absolute atomic E-state index is 12.8. The van der Waals surface area contributed by atoms with Gasteiger partial charge < -0.3 is 14.8 Å². The molecular formula is C20H21N3O5S2. The third kappa shape index (κ3) is 4.40. The summed E-state index contributed by atoms with van der Waals surface area (Å²) in [6.07, 6.45) is 0.721. The fourth-order valence-electron chi connectivity index (χ4n) is 3.03. The van der Waals surface area contributed by atoms with Crippen LogP contribution in [0.1, 0.15) is 18.4 Å². The van der Waals surface area contributed by atoms with E-state index in [1.807, 2.05) is 19.1 Å². The Labute approximate surface area is 178 Å². The van der Waals surface area contributed by atoms with E-state index in [0.29, 0.717) is 30.4 Å². The summed E-state index contributed by atoms with van der Waals surface area (Å²) in [6.45, 7) is 4.37. The lowest BCUT2D eigenvalue weighted by atomic mass is 10.2. The third-order valence-electron chi connectivity index (χ3n) is 4.52. The van der Waals surface area contributed by atoms with Gasteiger partial charge in [0, 0.05) is 18.2 Å². The Bertz CT molecular complexity index is 1210. The highest BCUT2D eigenvalue weighted by molar-refractivity contribution is 7.89. The molecule has 4 rings (SSSR count). The van der Waals surface area contributed by atoms with E-state index in [4.69, 9.17) is 9.47 Å². The Morgan fingerprint density at radius 2 is 1.90 bits per heavy atom. The van der Waals surface area contributed by atoms with Crippen LogP contribution in [0.2, 0.25) is 0 Å². The lowest BCUT2D eigenvalue weighted by Gasteiger charge is -2.15. The second-order valence-electron chi connectivity index (χ2n) is 6.91. The summed E-state index contributed by atoms with van der Waals surface area (Å²) in [5.41, 5.74) is 1.44. The fourth-order valence-corrected chi connectivity index (χ4v) is 5.12. The summed E-state index contributed by atoms with van der Waals surface area (Å²) < 4.78 is 39.9. The molecule has 1 aromatic heterocycles. The molecule has 8 nitrogen and oxygen atoms in total. The van der Waals surface area contributed by atoms with Crippen LogP contribution < -0.4 is 19.5 Å². The normalized spacial score (nSPS) is 14.9. The van der Waals surface area contributed by atoms with E-state index in [-0.39, 0.29) is 4.90 Å². The molecule has 158 valence electrons. The van der Waals surface area contributed by atoms with E-state index in [1.54, 1.807) is 12.1 Å². The molecule has 0 unspecified atom stereocenters. The molecule has 10 heteroatoms. The van der Waals surface area contributed by atoms with Crippen LogP contribution in [0.25, 0.3) is 10.2 Å². The SMILES string of the molecule is Cc1nc2ccc(NC(=O)[C@@H](C)NS(=O)(=O)c3ccc4c(c3)OCCCO4)cc2s1. The van der Waals surface area contributed by atoms with Gasteiger partial charge in [0.25, 0.3) is 0 Å². The molecule has 2 N–H and O–H groups in total. The van der Waals surface area contributed by atoms with Crippen LogP contribution in [0.5, 0.6) is 11.5 Å². The molecule has 1 aliphatic heterocycles. The highest BCUT2D eigenvalue weighted by atomic mass is 32.2. The smallest absolute Gasteiger partial charge is 0.242 e. The van der Waals surface area contributed by atoms with Crippen molar-refractivity contribution < 1.29 is 22.7 Å². The van der Waals surface area contributed by atoms with Crippen molar-refractivity contribution in [1.29, 1.82) is 0 Å². The van der Waals surface area contributed by atoms with Crippen molar-refractivity contribution in [3.05, 3.63) is 41.4 Å². The van der Waals surface area contributed by atoms with Crippen LogP contribution in [0, 0.1) is 6.92 Å². The number of hydrogen-bond donors (Lipinski definition) is 2. The number of amides is 1. The minimum absolute atomic E-state index is 0.00737. The summed E-state index contributed by atoms with van der Waals surface area (Å²) in [7, 11) is -3.93. The number of rotatable bonds is 5. The molecule has 0 saturated carbocycles. The molecule has 30 heavy (non-hydrogen) atoms. The van der Waals surface area contributed by atoms with Crippen LogP contribution in [0.4, 0.5) is 5.69 Å². The molecule has 0 spiro atoms. The number of sulfonamides is 1. The zero-order chi connectivity index (χ0) is 21.3. The van der Waals surface area contributed by atoms with E-state index < -0.39 is 22.0 Å². The number of nitrogens with one attached hydrogen (secondary N) is 2. The van der Waals surface area contributed by atoms with Gasteiger partial charge in [0.05, 0.1) is 39.4 Å². The first-order valence-corrected chi connectivity index (χ1v) is 11.7. The Balaban J connectivity index is 1.46. The first-order valence-electron chi connectivity index (χ1n) is 9.42. The van der Waals surface area contributed by atoms with Gasteiger partial charge in [-0.15, -0.1) is 11.3 Å². The zero-order valence-electron chi connectivity index (χ0n) is 16.5. The first-order chi connectivity index (χ1) is 14.3. The molecule has 0 aliphatic carbocycles. The maximum atomic E-state index is 12.8. The average Bonchev–Trinajstić information content (AvgIpc) is 2.91. The van der Waals surface area contributed by atoms with Gasteiger partial charge in [0.2, 0.25) is 15.9 Å². The summed E-state index contributed by atoms with van der Waals surface area (Å²) in [4.78, 5) is 16.9. The highest BCUT2D eigenvalue weighted by Gasteiger charge is 2.24. The van der Waals surface area contributed by atoms with Crippen molar-refractivity contribution in [2.75, 3.05) is 18.5 Å². The van der Waals surface area contributed by atoms with Crippen molar-refractivity contribution in [3.8, 4) is 11.5 Å². The number of fused-ring (bicyclic) bond motifs is 2. The van der Waals surface area contributed by atoms with Gasteiger partial charge >= 0.3 is 0 Å². The Morgan fingerprint density at radius 3 is 2.70 bits per heavy atom. The number of carbonyl (C=O) groups is 1. The maximum Gasteiger partial charge on any atom is 0.242 e. The average molecular weight is 448 g/mol. The number of hydrogen-bond acceptors (Lipinski definition) is 7. The molecule has 1 atom stereocenters. The number of aryl methyl sites for hydroxylation is 1. The molecule has 1 aliphatic rings. The van der Waals surface area contributed by atoms with Gasteiger partial charge in [-0.3, -0.25) is 4.79 Å². The van der Waals surface area contributed by atoms with Crippen molar-refractivity contribution in [2.45, 2.75) is 31.2 Å². The van der Waals surface area contributed by atoms with Crippen LogP contribution in [-0.2, 0) is 14.8 Å². The number of nitrogens with zero attached hydrogens (tertiary/aromatic N) is 1. The quantitative estimate of drug-likeness (QED) is 0.623. The Kier molecular flexibility index (Phi) is 5.63. The number of aromatic nitrogens is 1. The largest absolute Gasteiger partial charge is 0.490 e. The number of anilines is 1. The monoisotopic (exact) mass is 447 g/mol. The number of ether oxygens (including phenoxy) is 2. The van der Waals surface area contributed by atoms with Gasteiger partial charge in [-0.2, -0.15) is 4.72 Å². The Hall–Kier alpha value is -2.69. The Morgan fingerprint density at radius 1 is 1.13 bits per heavy atom. The third-order valence-corrected chi connectivity index (χ3v) is 6.99. The predicted octanol–water partition coefficient (Wildman–Crippen LogP) is 3.07. The van der Waals surface area contributed by atoms with Crippen LogP contribution >= 0.6 is 11.3 Å². The van der Waals surface area contributed by atoms with Gasteiger partial charge in [-0.05, 0) is 44.2 Å². The molecule has 0 saturated heterocycles. The fraction of sp³-hybridized carbons (Fsp3) is 0.300. The van der Waals surface area contributed by atoms with E-state index in [2.05, 4.69) is 15.0 Å². The zero-order valence-corrected chi connectivity index (χ0v) is 18.1. The van der Waals surface area contributed by atoms with E-state index >= 15 is 0 Å². The van der Waals surface area contributed by atoms with Crippen LogP contribution in [0.3, 0.4) is 0 Å². The van der Waals surface area contributed by atoms with Crippen molar-refractivity contribution >= 4 is 43.2 Å². The first kappa shape index (κ1) is 20.6. The van der Waals surface area contributed by atoms with Gasteiger partial charge in [0.15, 0.2) is 11.5 Å². The van der Waals surface area contributed by atoms with Gasteiger partial charge in [0.1, 0.15) is 0 Å². The summed E-state index contributed by atoms with van der Waals surface area (Å²) >= 11 is 1.53. The van der Waals surface area contributed by atoms with Crippen LogP contribution in [-0.4, -0.2) is 38.6 Å². The molecule has 2 heterocycles. The van der Waals surface area contributed by atoms with Gasteiger partial charge in [-0.1, -0.05) is 0 Å². The van der Waals surface area contributed by atoms with Crippen molar-refractivity contribution in [1.82, 2.24) is 9.71 Å². The van der Waals surface area contributed by atoms with Crippen molar-refractivity contribution in [2.24, 2.45) is 0 Å². The highest BCUT2D eigenvalue weighted by Crippen LogP contribution is 2.32. The lowest BCUT2D eigenvalue weighted by molar-refractivity contribution is -0.117. The minimum Gasteiger partial charge on any atom is -0.490 e. The number of thiazole rings is 1. The summed E-state index contributed by atoms with van der Waals surface area (Å²) in [6, 6.07) is 8.80. The van der Waals surface area contributed by atoms with E-state index in [9.17, 15) is 13.2 Å². The second-order valence-corrected chi connectivity index (χ2v) is 9.86. The molecular weight excluding hydrogens is 426 g/mol. The van der Waals surface area contributed by atoms with E-state index in [1.165, 1.54) is 30.4 Å². The second kappa shape index (κ2) is 8.21. The molecule has 3 aromatic rings. The minimum atomic E-state index is -3.93. The number of carbonyl (C=O) groups excluding carboxylic acids is 1. The molecule has 1 amide bonds. The van der Waals surface area contributed by atoms with Crippen LogP contribution in [0.15, 0.2) is 41.3 Å². The van der Waals surface area contributed by atoms with E-state index in [0.717, 1.165) is 21.6 Å². The summed E-state index contributed by atoms with van der Waals surface area (Å²) in [5.74, 6) is 0.417. The predicted molar refractivity (Wildman–Crippen MR) is 115 cm³/mol. The molecule has 0 bridgehead atoms. The molecule has 0 radical (unpaired) electrons. The topological polar surface area (TPSA) is 107 Å². The standard InChI is InChI=1S/C20H21N3O5S2/c1-12(20(24)22-14-4-6-16-19(10-14)29-13(2)21-16)23-30(25,26)15-5-7-17-18(11-15)28-9-3-8-27-17/h4-7,10-12,23H,3,8-9H2,1-2H3,(H,22,24)/t12-/m1/s1. The number of benzene rings is 2. The molecule has 2 aromatic carbocycles. The van der Waals surface area contributed by atoms with Crippen molar-refractivity contribution in [3.63, 3.8) is 0 Å². The molecule has 0 fully saturated rings. The lowest BCUT2D eigenvalue weighted by Crippen LogP contribution is -2.41.